The van der Waals surface area contributed by atoms with Crippen LogP contribution >= 0.6 is 0 Å². The van der Waals surface area contributed by atoms with Gasteiger partial charge in [-0.15, -0.1) is 0 Å². The topological polar surface area (TPSA) is 38.3 Å². The van der Waals surface area contributed by atoms with E-state index in [-0.39, 0.29) is 12.0 Å². The van der Waals surface area contributed by atoms with E-state index in [1.54, 1.807) is 0 Å². The van der Waals surface area contributed by atoms with Crippen LogP contribution in [0.15, 0.2) is 0 Å². The lowest BCUT2D eigenvalue weighted by molar-refractivity contribution is -0.145. The summed E-state index contributed by atoms with van der Waals surface area (Å²) in [4.78, 5) is 11.5. The molecule has 1 saturated heterocycles. The van der Waals surface area contributed by atoms with Gasteiger partial charge in [0.05, 0.1) is 6.61 Å². The Morgan fingerprint density at radius 2 is 2.21 bits per heavy atom. The van der Waals surface area contributed by atoms with E-state index < -0.39 is 0 Å². The third-order valence-electron chi connectivity index (χ3n) is 3.60. The van der Waals surface area contributed by atoms with Crippen molar-refractivity contribution in [3.8, 4) is 0 Å². The summed E-state index contributed by atoms with van der Waals surface area (Å²) in [6, 6.07) is -0.0342. The molecule has 1 aliphatic heterocycles. The molecule has 3 heteroatoms. The van der Waals surface area contributed by atoms with Gasteiger partial charge in [0.2, 0.25) is 0 Å². The number of esters is 1. The molecular weight excluding hydrogens is 178 g/mol. The first-order valence-electron chi connectivity index (χ1n) is 5.66. The van der Waals surface area contributed by atoms with E-state index in [0.29, 0.717) is 12.0 Å². The predicted octanol–water partition coefficient (Wildman–Crippen LogP) is 1.47. The highest BCUT2D eigenvalue weighted by molar-refractivity contribution is 5.76. The van der Waals surface area contributed by atoms with Crippen LogP contribution in [0.1, 0.15) is 39.0 Å². The Morgan fingerprint density at radius 1 is 1.50 bits per heavy atom. The lowest BCUT2D eigenvalue weighted by Gasteiger charge is -2.20. The summed E-state index contributed by atoms with van der Waals surface area (Å²) < 4.78 is 5.03. The summed E-state index contributed by atoms with van der Waals surface area (Å²) in [6.07, 6.45) is 6.23. The number of hydrogen-bond donors (Lipinski definition) is 1. The Balaban J connectivity index is 1.90. The molecule has 3 nitrogen and oxygen atoms in total. The van der Waals surface area contributed by atoms with Crippen LogP contribution in [0.4, 0.5) is 0 Å². The summed E-state index contributed by atoms with van der Waals surface area (Å²) in [5.41, 5.74) is 0.428. The van der Waals surface area contributed by atoms with Gasteiger partial charge < -0.3 is 10.1 Å². The van der Waals surface area contributed by atoms with E-state index in [1.165, 1.54) is 25.7 Å². The van der Waals surface area contributed by atoms with Crippen molar-refractivity contribution >= 4 is 5.97 Å². The molecule has 1 saturated carbocycles. The second-order valence-electron chi connectivity index (χ2n) is 4.60. The minimum atomic E-state index is -0.0590. The molecule has 80 valence electrons. The van der Waals surface area contributed by atoms with Crippen molar-refractivity contribution < 1.29 is 9.53 Å². The Kier molecular flexibility index (Phi) is 2.77. The van der Waals surface area contributed by atoms with E-state index in [0.717, 1.165) is 13.0 Å². The van der Waals surface area contributed by atoms with Crippen LogP contribution in [0.5, 0.6) is 0 Å². The molecule has 0 radical (unpaired) electrons. The van der Waals surface area contributed by atoms with Crippen molar-refractivity contribution in [1.82, 2.24) is 5.32 Å². The van der Waals surface area contributed by atoms with Crippen LogP contribution in [0.3, 0.4) is 0 Å². The van der Waals surface area contributed by atoms with E-state index in [1.807, 2.05) is 6.92 Å². The highest BCUT2D eigenvalue weighted by Gasteiger charge is 2.43. The van der Waals surface area contributed by atoms with Crippen LogP contribution in [-0.4, -0.2) is 25.2 Å². The highest BCUT2D eigenvalue weighted by Crippen LogP contribution is 2.44. The maximum atomic E-state index is 11.5. The molecule has 1 heterocycles. The zero-order chi connectivity index (χ0) is 10.0. The molecule has 14 heavy (non-hydrogen) atoms. The number of rotatable bonds is 2. The lowest BCUT2D eigenvalue weighted by atomic mass is 9.84. The van der Waals surface area contributed by atoms with Gasteiger partial charge in [0.15, 0.2) is 0 Å². The first kappa shape index (κ1) is 9.97. The standard InChI is InChI=1S/C11H19NO2/c1-2-14-10(13)9-7-11(8-12-9)5-3-4-6-11/h9,12H,2-8H2,1H3. The molecule has 0 amide bonds. The first-order valence-corrected chi connectivity index (χ1v) is 5.66. The quantitative estimate of drug-likeness (QED) is 0.681. The van der Waals surface area contributed by atoms with Crippen molar-refractivity contribution in [2.24, 2.45) is 5.41 Å². The van der Waals surface area contributed by atoms with Gasteiger partial charge in [-0.3, -0.25) is 4.79 Å². The zero-order valence-corrected chi connectivity index (χ0v) is 8.84. The van der Waals surface area contributed by atoms with Crippen LogP contribution in [0, 0.1) is 5.41 Å². The largest absolute Gasteiger partial charge is 0.465 e. The summed E-state index contributed by atoms with van der Waals surface area (Å²) >= 11 is 0. The van der Waals surface area contributed by atoms with Gasteiger partial charge in [-0.05, 0) is 31.6 Å². The summed E-state index contributed by atoms with van der Waals surface area (Å²) in [5, 5.41) is 3.30. The maximum absolute atomic E-state index is 11.5. The minimum absolute atomic E-state index is 0.0342. The van der Waals surface area contributed by atoms with Crippen LogP contribution in [0.2, 0.25) is 0 Å². The predicted molar refractivity (Wildman–Crippen MR) is 53.9 cm³/mol. The molecule has 0 aromatic rings. The average Bonchev–Trinajstić information content (AvgIpc) is 2.78. The van der Waals surface area contributed by atoms with Crippen LogP contribution in [0.25, 0.3) is 0 Å². The summed E-state index contributed by atoms with van der Waals surface area (Å²) in [7, 11) is 0. The number of hydrogen-bond acceptors (Lipinski definition) is 3. The van der Waals surface area contributed by atoms with Crippen molar-refractivity contribution in [3.05, 3.63) is 0 Å². The van der Waals surface area contributed by atoms with Crippen molar-refractivity contribution in [2.75, 3.05) is 13.2 Å². The van der Waals surface area contributed by atoms with Crippen LogP contribution in [-0.2, 0) is 9.53 Å². The van der Waals surface area contributed by atoms with E-state index in [2.05, 4.69) is 5.32 Å². The molecule has 0 bridgehead atoms. The van der Waals surface area contributed by atoms with Crippen molar-refractivity contribution in [2.45, 2.75) is 45.1 Å². The number of carbonyl (C=O) groups excluding carboxylic acids is 1. The maximum Gasteiger partial charge on any atom is 0.323 e. The van der Waals surface area contributed by atoms with Gasteiger partial charge in [0.25, 0.3) is 0 Å². The molecule has 0 aromatic carbocycles. The van der Waals surface area contributed by atoms with E-state index in [4.69, 9.17) is 4.74 Å². The third-order valence-corrected chi connectivity index (χ3v) is 3.60. The first-order chi connectivity index (χ1) is 6.76. The Bertz CT molecular complexity index is 221. The fourth-order valence-corrected chi connectivity index (χ4v) is 2.83. The van der Waals surface area contributed by atoms with Gasteiger partial charge >= 0.3 is 5.97 Å². The lowest BCUT2D eigenvalue weighted by Crippen LogP contribution is -2.32. The molecule has 2 rings (SSSR count). The SMILES string of the molecule is CCOC(=O)C1CC2(CCCC2)CN1. The normalized spacial score (nSPS) is 29.6. The van der Waals surface area contributed by atoms with Gasteiger partial charge in [0, 0.05) is 6.54 Å². The molecule has 1 atom stereocenters. The fraction of sp³-hybridized carbons (Fsp3) is 0.909. The molecule has 2 fully saturated rings. The summed E-state index contributed by atoms with van der Waals surface area (Å²) in [6.45, 7) is 3.36. The second kappa shape index (κ2) is 3.89. The Labute approximate surface area is 85.2 Å². The smallest absolute Gasteiger partial charge is 0.323 e. The van der Waals surface area contributed by atoms with Gasteiger partial charge in [-0.25, -0.2) is 0 Å². The fourth-order valence-electron chi connectivity index (χ4n) is 2.83. The van der Waals surface area contributed by atoms with Crippen LogP contribution < -0.4 is 5.32 Å². The minimum Gasteiger partial charge on any atom is -0.465 e. The molecule has 1 unspecified atom stereocenters. The monoisotopic (exact) mass is 197 g/mol. The second-order valence-corrected chi connectivity index (χ2v) is 4.60. The number of carbonyl (C=O) groups is 1. The molecule has 1 N–H and O–H groups in total. The molecule has 2 aliphatic rings. The van der Waals surface area contributed by atoms with Gasteiger partial charge in [0.1, 0.15) is 6.04 Å². The van der Waals surface area contributed by atoms with Gasteiger partial charge in [-0.1, -0.05) is 12.8 Å². The van der Waals surface area contributed by atoms with Gasteiger partial charge in [-0.2, -0.15) is 0 Å². The molecule has 1 aliphatic carbocycles. The summed E-state index contributed by atoms with van der Waals surface area (Å²) in [5.74, 6) is -0.0590. The molecule has 0 aromatic heterocycles. The van der Waals surface area contributed by atoms with E-state index >= 15 is 0 Å². The zero-order valence-electron chi connectivity index (χ0n) is 8.84. The molecular formula is C11H19NO2. The Morgan fingerprint density at radius 3 is 2.86 bits per heavy atom. The Hall–Kier alpha value is -0.570. The third kappa shape index (κ3) is 1.78. The van der Waals surface area contributed by atoms with Crippen molar-refractivity contribution in [3.63, 3.8) is 0 Å². The van der Waals surface area contributed by atoms with Crippen molar-refractivity contribution in [1.29, 1.82) is 0 Å². The number of nitrogens with one attached hydrogen (secondary N) is 1. The van der Waals surface area contributed by atoms with E-state index in [9.17, 15) is 4.79 Å². The average molecular weight is 197 g/mol. The number of ether oxygens (including phenoxy) is 1. The highest BCUT2D eigenvalue weighted by atomic mass is 16.5. The molecule has 1 spiro atoms.